The van der Waals surface area contributed by atoms with Crippen molar-refractivity contribution in [3.63, 3.8) is 0 Å². The second-order valence-corrected chi connectivity index (χ2v) is 9.23. The number of fused-ring (bicyclic) bond motifs is 1. The van der Waals surface area contributed by atoms with Crippen LogP contribution in [0.2, 0.25) is 5.02 Å². The highest BCUT2D eigenvalue weighted by Crippen LogP contribution is 2.41. The third kappa shape index (κ3) is 4.21. The summed E-state index contributed by atoms with van der Waals surface area (Å²) in [7, 11) is 0. The van der Waals surface area contributed by atoms with Crippen LogP contribution in [0, 0.1) is 0 Å². The highest BCUT2D eigenvalue weighted by molar-refractivity contribution is 6.30. The summed E-state index contributed by atoms with van der Waals surface area (Å²) in [5, 5.41) is 9.77. The number of pyridine rings is 1. The van der Waals surface area contributed by atoms with Crippen molar-refractivity contribution in [1.82, 2.24) is 20.1 Å². The molecule has 5 rings (SSSR count). The third-order valence-corrected chi connectivity index (χ3v) is 6.96. The molecule has 0 saturated heterocycles. The van der Waals surface area contributed by atoms with Gasteiger partial charge in [0.1, 0.15) is 0 Å². The van der Waals surface area contributed by atoms with Gasteiger partial charge in [0.2, 0.25) is 5.91 Å². The molecule has 0 aliphatic heterocycles. The van der Waals surface area contributed by atoms with E-state index in [-0.39, 0.29) is 18.0 Å². The summed E-state index contributed by atoms with van der Waals surface area (Å²) in [5.74, 6) is -0.0109. The highest BCUT2D eigenvalue weighted by atomic mass is 35.5. The summed E-state index contributed by atoms with van der Waals surface area (Å²) in [4.78, 5) is 30.8. The number of carbonyl (C=O) groups is 1. The molecule has 1 aliphatic rings. The van der Waals surface area contributed by atoms with Crippen molar-refractivity contribution in [1.29, 1.82) is 0 Å². The first-order chi connectivity index (χ1) is 16.6. The number of amides is 1. The molecule has 2 heterocycles. The van der Waals surface area contributed by atoms with Crippen LogP contribution < -0.4 is 10.9 Å². The SMILES string of the molecule is O=C(NCc1nn(Cc2cccnc2)c(=O)c2ccccc12)C1(c2ccc(Cl)cc2)CCCC1. The number of hydrogen-bond donors (Lipinski definition) is 1. The number of nitrogens with one attached hydrogen (secondary N) is 1. The van der Waals surface area contributed by atoms with Gasteiger partial charge < -0.3 is 5.32 Å². The molecule has 4 aromatic rings. The molecule has 1 fully saturated rings. The number of aromatic nitrogens is 3. The molecule has 0 radical (unpaired) electrons. The summed E-state index contributed by atoms with van der Waals surface area (Å²) in [6.07, 6.45) is 7.03. The molecule has 172 valence electrons. The van der Waals surface area contributed by atoms with Gasteiger partial charge in [-0.05, 0) is 48.2 Å². The maximum atomic E-state index is 13.6. The van der Waals surface area contributed by atoms with Crippen LogP contribution in [0.15, 0.2) is 77.9 Å². The predicted octanol–water partition coefficient (Wildman–Crippen LogP) is 4.62. The van der Waals surface area contributed by atoms with E-state index in [0.717, 1.165) is 42.2 Å². The van der Waals surface area contributed by atoms with Crippen LogP contribution in [0.5, 0.6) is 0 Å². The van der Waals surface area contributed by atoms with Crippen molar-refractivity contribution in [2.24, 2.45) is 0 Å². The third-order valence-electron chi connectivity index (χ3n) is 6.70. The van der Waals surface area contributed by atoms with E-state index in [4.69, 9.17) is 11.6 Å². The second kappa shape index (κ2) is 9.39. The number of hydrogen-bond acceptors (Lipinski definition) is 4. The van der Waals surface area contributed by atoms with Gasteiger partial charge in [0.15, 0.2) is 0 Å². The van der Waals surface area contributed by atoms with E-state index in [9.17, 15) is 9.59 Å². The number of halogens is 1. The van der Waals surface area contributed by atoms with Gasteiger partial charge in [0, 0.05) is 22.8 Å². The van der Waals surface area contributed by atoms with Gasteiger partial charge in [0.05, 0.1) is 29.6 Å². The van der Waals surface area contributed by atoms with Crippen LogP contribution in [0.1, 0.15) is 42.5 Å². The van der Waals surface area contributed by atoms with Crippen LogP contribution in [0.25, 0.3) is 10.8 Å². The Morgan fingerprint density at radius 3 is 2.44 bits per heavy atom. The lowest BCUT2D eigenvalue weighted by Gasteiger charge is -2.28. The van der Waals surface area contributed by atoms with Crippen LogP contribution in [0.3, 0.4) is 0 Å². The maximum Gasteiger partial charge on any atom is 0.274 e. The Bertz CT molecular complexity index is 1380. The smallest absolute Gasteiger partial charge is 0.274 e. The maximum absolute atomic E-state index is 13.6. The number of benzene rings is 2. The molecule has 0 bridgehead atoms. The minimum absolute atomic E-state index is 0.0109. The molecule has 0 atom stereocenters. The zero-order valence-corrected chi connectivity index (χ0v) is 19.5. The molecule has 1 N–H and O–H groups in total. The van der Waals surface area contributed by atoms with Crippen molar-refractivity contribution in [3.8, 4) is 0 Å². The Morgan fingerprint density at radius 1 is 1.00 bits per heavy atom. The second-order valence-electron chi connectivity index (χ2n) is 8.80. The molecule has 1 saturated carbocycles. The summed E-state index contributed by atoms with van der Waals surface area (Å²) in [6, 6.07) is 18.7. The van der Waals surface area contributed by atoms with Gasteiger partial charge in [-0.15, -0.1) is 0 Å². The van der Waals surface area contributed by atoms with Gasteiger partial charge in [-0.1, -0.05) is 60.8 Å². The molecule has 2 aromatic carbocycles. The molecule has 1 aliphatic carbocycles. The Labute approximate surface area is 202 Å². The topological polar surface area (TPSA) is 76.9 Å². The van der Waals surface area contributed by atoms with Gasteiger partial charge in [-0.3, -0.25) is 14.6 Å². The van der Waals surface area contributed by atoms with Crippen LogP contribution in [-0.4, -0.2) is 20.7 Å². The van der Waals surface area contributed by atoms with Crippen LogP contribution in [-0.2, 0) is 23.3 Å². The van der Waals surface area contributed by atoms with Gasteiger partial charge in [0.25, 0.3) is 5.56 Å². The summed E-state index contributed by atoms with van der Waals surface area (Å²) < 4.78 is 1.45. The highest BCUT2D eigenvalue weighted by Gasteiger charge is 2.42. The zero-order chi connectivity index (χ0) is 23.5. The Morgan fingerprint density at radius 2 is 1.74 bits per heavy atom. The van der Waals surface area contributed by atoms with E-state index in [1.807, 2.05) is 54.6 Å². The molecule has 7 heteroatoms. The van der Waals surface area contributed by atoms with Crippen molar-refractivity contribution in [3.05, 3.63) is 105 Å². The Hall–Kier alpha value is -3.51. The van der Waals surface area contributed by atoms with Crippen molar-refractivity contribution < 1.29 is 4.79 Å². The first-order valence-electron chi connectivity index (χ1n) is 11.5. The number of rotatable bonds is 6. The van der Waals surface area contributed by atoms with E-state index >= 15 is 0 Å². The lowest BCUT2D eigenvalue weighted by atomic mass is 9.78. The van der Waals surface area contributed by atoms with E-state index in [2.05, 4.69) is 15.4 Å². The quantitative estimate of drug-likeness (QED) is 0.444. The normalized spacial score (nSPS) is 14.9. The largest absolute Gasteiger partial charge is 0.350 e. The van der Waals surface area contributed by atoms with Gasteiger partial charge in [-0.2, -0.15) is 5.10 Å². The first kappa shape index (κ1) is 22.3. The van der Waals surface area contributed by atoms with Crippen LogP contribution in [0.4, 0.5) is 0 Å². The molecule has 34 heavy (non-hydrogen) atoms. The fraction of sp³-hybridized carbons (Fsp3) is 0.259. The molecule has 0 unspecified atom stereocenters. The zero-order valence-electron chi connectivity index (χ0n) is 18.7. The average molecular weight is 473 g/mol. The Balaban J connectivity index is 1.46. The summed E-state index contributed by atoms with van der Waals surface area (Å²) in [5.41, 5.74) is 1.81. The van der Waals surface area contributed by atoms with Crippen molar-refractivity contribution in [2.75, 3.05) is 0 Å². The standard InChI is InChI=1S/C27H25ClN4O2/c28-21-11-9-20(10-12-21)27(13-3-4-14-27)26(34)30-17-24-22-7-1-2-8-23(22)25(33)32(31-24)18-19-6-5-15-29-16-19/h1-2,5-12,15-16H,3-4,13-14,17-18H2,(H,30,34). The van der Waals surface area contributed by atoms with E-state index in [0.29, 0.717) is 22.6 Å². The van der Waals surface area contributed by atoms with Gasteiger partial charge >= 0.3 is 0 Å². The Kier molecular flexibility index (Phi) is 6.16. The molecule has 6 nitrogen and oxygen atoms in total. The number of nitrogens with zero attached hydrogens (tertiary/aromatic N) is 3. The van der Waals surface area contributed by atoms with Crippen LogP contribution >= 0.6 is 11.6 Å². The fourth-order valence-electron chi connectivity index (χ4n) is 4.94. The summed E-state index contributed by atoms with van der Waals surface area (Å²) >= 11 is 6.09. The van der Waals surface area contributed by atoms with Crippen molar-refractivity contribution in [2.45, 2.75) is 44.2 Å². The fourth-order valence-corrected chi connectivity index (χ4v) is 5.06. The van der Waals surface area contributed by atoms with Crippen molar-refractivity contribution >= 4 is 28.3 Å². The minimum atomic E-state index is -0.565. The molecular weight excluding hydrogens is 448 g/mol. The lowest BCUT2D eigenvalue weighted by molar-refractivity contribution is -0.126. The minimum Gasteiger partial charge on any atom is -0.350 e. The molecule has 0 spiro atoms. The molecule has 2 aromatic heterocycles. The summed E-state index contributed by atoms with van der Waals surface area (Å²) in [6.45, 7) is 0.551. The monoisotopic (exact) mass is 472 g/mol. The number of carbonyl (C=O) groups excluding carboxylic acids is 1. The molecule has 1 amide bonds. The average Bonchev–Trinajstić information content (AvgIpc) is 3.37. The van der Waals surface area contributed by atoms with E-state index in [1.165, 1.54) is 4.68 Å². The van der Waals surface area contributed by atoms with E-state index < -0.39 is 5.41 Å². The first-order valence-corrected chi connectivity index (χ1v) is 11.9. The lowest BCUT2D eigenvalue weighted by Crippen LogP contribution is -2.42. The molecular formula is C27H25ClN4O2. The predicted molar refractivity (Wildman–Crippen MR) is 133 cm³/mol. The van der Waals surface area contributed by atoms with Gasteiger partial charge in [-0.25, -0.2) is 4.68 Å². The van der Waals surface area contributed by atoms with E-state index in [1.54, 1.807) is 18.5 Å².